The molecule has 0 aromatic rings. The van der Waals surface area contributed by atoms with Gasteiger partial charge >= 0.3 is 0 Å². The Morgan fingerprint density at radius 3 is 2.44 bits per heavy atom. The molecule has 1 amide bonds. The van der Waals surface area contributed by atoms with Crippen molar-refractivity contribution >= 4 is 5.91 Å². The molecule has 1 aliphatic heterocycles. The van der Waals surface area contributed by atoms with Gasteiger partial charge in [-0.25, -0.2) is 0 Å². The topological polar surface area (TPSA) is 35.6 Å². The van der Waals surface area contributed by atoms with E-state index in [1.807, 2.05) is 14.1 Å². The van der Waals surface area contributed by atoms with Crippen molar-refractivity contribution in [1.29, 1.82) is 0 Å². The molecule has 4 heteroatoms. The van der Waals surface area contributed by atoms with Gasteiger partial charge in [0.25, 0.3) is 0 Å². The highest BCUT2D eigenvalue weighted by atomic mass is 16.2. The minimum Gasteiger partial charge on any atom is -0.349 e. The summed E-state index contributed by atoms with van der Waals surface area (Å²) in [6.45, 7) is 4.46. The normalized spacial score (nSPS) is 22.1. The fourth-order valence-corrected chi connectivity index (χ4v) is 2.51. The van der Waals surface area contributed by atoms with Crippen LogP contribution in [-0.2, 0) is 4.79 Å². The minimum atomic E-state index is 0.243. The molecule has 0 spiro atoms. The summed E-state index contributed by atoms with van der Waals surface area (Å²) in [4.78, 5) is 15.6. The summed E-state index contributed by atoms with van der Waals surface area (Å²) in [5, 5.41) is 3.63. The Balaban J connectivity index is 1.56. The summed E-state index contributed by atoms with van der Waals surface area (Å²) in [5.41, 5.74) is 0. The van der Waals surface area contributed by atoms with Gasteiger partial charge < -0.3 is 15.1 Å². The van der Waals surface area contributed by atoms with Crippen molar-refractivity contribution in [3.63, 3.8) is 0 Å². The summed E-state index contributed by atoms with van der Waals surface area (Å²) in [5.74, 6) is 1.10. The molecule has 0 atom stereocenters. The number of amides is 1. The molecule has 2 rings (SSSR count). The average Bonchev–Trinajstić information content (AvgIpc) is 3.18. The second-order valence-corrected chi connectivity index (χ2v) is 6.01. The van der Waals surface area contributed by atoms with Gasteiger partial charge in [-0.05, 0) is 51.2 Å². The predicted octanol–water partition coefficient (Wildman–Crippen LogP) is 0.929. The van der Waals surface area contributed by atoms with Gasteiger partial charge in [-0.1, -0.05) is 0 Å². The van der Waals surface area contributed by atoms with Crippen LogP contribution >= 0.6 is 0 Å². The van der Waals surface area contributed by atoms with Crippen LogP contribution in [0.1, 0.15) is 32.1 Å². The highest BCUT2D eigenvalue weighted by Gasteiger charge is 2.24. The molecule has 1 saturated carbocycles. The van der Waals surface area contributed by atoms with Gasteiger partial charge in [0.2, 0.25) is 5.91 Å². The Bertz CT molecular complexity index is 268. The molecule has 2 aliphatic rings. The van der Waals surface area contributed by atoms with Crippen molar-refractivity contribution in [3.8, 4) is 0 Å². The third kappa shape index (κ3) is 4.58. The zero-order chi connectivity index (χ0) is 13.0. The van der Waals surface area contributed by atoms with Crippen molar-refractivity contribution in [1.82, 2.24) is 15.1 Å². The summed E-state index contributed by atoms with van der Waals surface area (Å²) in [6, 6.07) is 0.834. The zero-order valence-electron chi connectivity index (χ0n) is 11.8. The number of carbonyl (C=O) groups excluding carboxylic acids is 1. The highest BCUT2D eigenvalue weighted by molar-refractivity contribution is 5.75. The maximum absolute atomic E-state index is 11.5. The number of likely N-dealkylation sites (tertiary alicyclic amines) is 1. The molecule has 1 saturated heterocycles. The Morgan fingerprint density at radius 2 is 1.89 bits per heavy atom. The molecule has 0 radical (unpaired) electrons. The van der Waals surface area contributed by atoms with Gasteiger partial charge in [-0.3, -0.25) is 4.79 Å². The van der Waals surface area contributed by atoms with E-state index in [9.17, 15) is 4.79 Å². The minimum absolute atomic E-state index is 0.243. The second-order valence-electron chi connectivity index (χ2n) is 6.01. The number of hydrogen-bond acceptors (Lipinski definition) is 3. The SMILES string of the molecule is CN(C)C(=O)CCN1CCC(CNC2CC2)CC1. The van der Waals surface area contributed by atoms with Crippen LogP contribution in [-0.4, -0.2) is 62.0 Å². The fraction of sp³-hybridized carbons (Fsp3) is 0.929. The molecule has 104 valence electrons. The molecular formula is C14H27N3O. The van der Waals surface area contributed by atoms with Crippen LogP contribution in [0.4, 0.5) is 0 Å². The van der Waals surface area contributed by atoms with Crippen LogP contribution in [0.3, 0.4) is 0 Å². The van der Waals surface area contributed by atoms with E-state index in [4.69, 9.17) is 0 Å². The van der Waals surface area contributed by atoms with E-state index in [2.05, 4.69) is 10.2 Å². The zero-order valence-corrected chi connectivity index (χ0v) is 11.8. The molecule has 18 heavy (non-hydrogen) atoms. The molecule has 0 aromatic carbocycles. The first kappa shape index (κ1) is 13.8. The fourth-order valence-electron chi connectivity index (χ4n) is 2.51. The number of carbonyl (C=O) groups is 1. The molecule has 4 nitrogen and oxygen atoms in total. The molecule has 1 N–H and O–H groups in total. The number of rotatable bonds is 6. The van der Waals surface area contributed by atoms with Gasteiger partial charge in [-0.2, -0.15) is 0 Å². The Kier molecular flexibility index (Phi) is 5.01. The van der Waals surface area contributed by atoms with Crippen molar-refractivity contribution in [2.24, 2.45) is 5.92 Å². The van der Waals surface area contributed by atoms with Gasteiger partial charge in [-0.15, -0.1) is 0 Å². The molecule has 0 aromatic heterocycles. The number of piperidine rings is 1. The van der Waals surface area contributed by atoms with Crippen molar-refractivity contribution in [2.45, 2.75) is 38.1 Å². The van der Waals surface area contributed by atoms with Crippen LogP contribution in [0.15, 0.2) is 0 Å². The smallest absolute Gasteiger partial charge is 0.223 e. The molecule has 1 heterocycles. The Morgan fingerprint density at radius 1 is 1.22 bits per heavy atom. The van der Waals surface area contributed by atoms with E-state index in [1.54, 1.807) is 4.90 Å². The third-order valence-corrected chi connectivity index (χ3v) is 4.12. The summed E-state index contributed by atoms with van der Waals surface area (Å²) >= 11 is 0. The van der Waals surface area contributed by atoms with E-state index in [0.29, 0.717) is 6.42 Å². The summed E-state index contributed by atoms with van der Waals surface area (Å²) < 4.78 is 0. The van der Waals surface area contributed by atoms with E-state index < -0.39 is 0 Å². The van der Waals surface area contributed by atoms with Crippen molar-refractivity contribution in [2.75, 3.05) is 40.3 Å². The molecular weight excluding hydrogens is 226 g/mol. The number of hydrogen-bond donors (Lipinski definition) is 1. The van der Waals surface area contributed by atoms with E-state index in [1.165, 1.54) is 32.2 Å². The Labute approximate surface area is 111 Å². The molecule has 0 bridgehead atoms. The predicted molar refractivity (Wildman–Crippen MR) is 73.5 cm³/mol. The molecule has 2 fully saturated rings. The highest BCUT2D eigenvalue weighted by Crippen LogP contribution is 2.21. The quantitative estimate of drug-likeness (QED) is 0.765. The van der Waals surface area contributed by atoms with E-state index >= 15 is 0 Å². The molecule has 0 unspecified atom stereocenters. The standard InChI is InChI=1S/C14H27N3O/c1-16(2)14(18)7-10-17-8-5-12(6-9-17)11-15-13-3-4-13/h12-13,15H,3-11H2,1-2H3. The van der Waals surface area contributed by atoms with Crippen LogP contribution in [0, 0.1) is 5.92 Å². The summed E-state index contributed by atoms with van der Waals surface area (Å²) in [6.07, 6.45) is 6.00. The van der Waals surface area contributed by atoms with Gasteiger partial charge in [0.1, 0.15) is 0 Å². The van der Waals surface area contributed by atoms with Gasteiger partial charge in [0.15, 0.2) is 0 Å². The van der Waals surface area contributed by atoms with Crippen LogP contribution in [0.2, 0.25) is 0 Å². The molecule has 1 aliphatic carbocycles. The first-order valence-corrected chi connectivity index (χ1v) is 7.31. The van der Waals surface area contributed by atoms with Crippen molar-refractivity contribution in [3.05, 3.63) is 0 Å². The van der Waals surface area contributed by atoms with Crippen molar-refractivity contribution < 1.29 is 4.79 Å². The summed E-state index contributed by atoms with van der Waals surface area (Å²) in [7, 11) is 3.66. The Hall–Kier alpha value is -0.610. The van der Waals surface area contributed by atoms with E-state index in [0.717, 1.165) is 31.6 Å². The van der Waals surface area contributed by atoms with Gasteiger partial charge in [0, 0.05) is 33.1 Å². The first-order valence-electron chi connectivity index (χ1n) is 7.31. The third-order valence-electron chi connectivity index (χ3n) is 4.12. The first-order chi connectivity index (χ1) is 8.65. The number of nitrogens with one attached hydrogen (secondary N) is 1. The largest absolute Gasteiger partial charge is 0.349 e. The number of nitrogens with zero attached hydrogens (tertiary/aromatic N) is 2. The van der Waals surface area contributed by atoms with Crippen LogP contribution in [0.5, 0.6) is 0 Å². The van der Waals surface area contributed by atoms with E-state index in [-0.39, 0.29) is 5.91 Å². The second kappa shape index (κ2) is 6.53. The lowest BCUT2D eigenvalue weighted by molar-refractivity contribution is -0.129. The van der Waals surface area contributed by atoms with Crippen LogP contribution < -0.4 is 5.32 Å². The maximum atomic E-state index is 11.5. The lowest BCUT2D eigenvalue weighted by Gasteiger charge is -2.32. The van der Waals surface area contributed by atoms with Gasteiger partial charge in [0.05, 0.1) is 0 Å². The van der Waals surface area contributed by atoms with Crippen LogP contribution in [0.25, 0.3) is 0 Å². The lowest BCUT2D eigenvalue weighted by atomic mass is 9.96. The maximum Gasteiger partial charge on any atom is 0.223 e. The average molecular weight is 253 g/mol. The monoisotopic (exact) mass is 253 g/mol. The lowest BCUT2D eigenvalue weighted by Crippen LogP contribution is -2.39.